The molecule has 0 spiro atoms. The zero-order valence-corrected chi connectivity index (χ0v) is 12.5. The summed E-state index contributed by atoms with van der Waals surface area (Å²) in [6.07, 6.45) is 3.03. The molecule has 0 radical (unpaired) electrons. The van der Waals surface area contributed by atoms with Gasteiger partial charge in [-0.05, 0) is 49.6 Å². The number of aromatic nitrogens is 1. The van der Waals surface area contributed by atoms with E-state index in [4.69, 9.17) is 11.6 Å². The maximum Gasteiger partial charge on any atom is 0.0719 e. The maximum atomic E-state index is 6.03. The van der Waals surface area contributed by atoms with Crippen molar-refractivity contribution < 1.29 is 0 Å². The summed E-state index contributed by atoms with van der Waals surface area (Å²) < 4.78 is 0. The minimum Gasteiger partial charge on any atom is -0.314 e. The quantitative estimate of drug-likeness (QED) is 0.877. The molecule has 2 unspecified atom stereocenters. The van der Waals surface area contributed by atoms with Crippen LogP contribution < -0.4 is 5.32 Å². The molecule has 1 heterocycles. The fourth-order valence-electron chi connectivity index (χ4n) is 2.36. The fraction of sp³-hybridized carbons (Fsp3) is 0.438. The van der Waals surface area contributed by atoms with E-state index in [1.165, 1.54) is 10.9 Å². The SMILES string of the molecule is CCCNC(C)C(C)c1ccnc2cc(Cl)ccc12. The molecule has 0 amide bonds. The molecule has 0 bridgehead atoms. The maximum absolute atomic E-state index is 6.03. The summed E-state index contributed by atoms with van der Waals surface area (Å²) in [5.74, 6) is 0.443. The summed E-state index contributed by atoms with van der Waals surface area (Å²) in [4.78, 5) is 4.40. The average molecular weight is 277 g/mol. The van der Waals surface area contributed by atoms with E-state index in [-0.39, 0.29) is 0 Å². The number of nitrogens with one attached hydrogen (secondary N) is 1. The van der Waals surface area contributed by atoms with E-state index in [0.717, 1.165) is 23.5 Å². The van der Waals surface area contributed by atoms with Gasteiger partial charge in [-0.15, -0.1) is 0 Å². The van der Waals surface area contributed by atoms with Crippen LogP contribution in [0.3, 0.4) is 0 Å². The van der Waals surface area contributed by atoms with E-state index in [0.29, 0.717) is 12.0 Å². The highest BCUT2D eigenvalue weighted by Gasteiger charge is 2.16. The average Bonchev–Trinajstić information content (AvgIpc) is 2.42. The first-order chi connectivity index (χ1) is 9.13. The van der Waals surface area contributed by atoms with Crippen LogP contribution in [0.4, 0.5) is 0 Å². The van der Waals surface area contributed by atoms with Crippen LogP contribution in [0, 0.1) is 0 Å². The van der Waals surface area contributed by atoms with Gasteiger partial charge in [0.25, 0.3) is 0 Å². The molecule has 2 atom stereocenters. The van der Waals surface area contributed by atoms with Gasteiger partial charge in [-0.25, -0.2) is 0 Å². The molecule has 2 rings (SSSR count). The Morgan fingerprint density at radius 1 is 1.26 bits per heavy atom. The van der Waals surface area contributed by atoms with Crippen molar-refractivity contribution in [3.63, 3.8) is 0 Å². The van der Waals surface area contributed by atoms with Crippen molar-refractivity contribution in [2.45, 2.75) is 39.2 Å². The Morgan fingerprint density at radius 3 is 2.79 bits per heavy atom. The van der Waals surface area contributed by atoms with E-state index in [1.54, 1.807) is 0 Å². The standard InChI is InChI=1S/C16H21ClN2/c1-4-8-18-12(3)11(2)14-7-9-19-16-10-13(17)5-6-15(14)16/h5-7,9-12,18H,4,8H2,1-3H3. The largest absolute Gasteiger partial charge is 0.314 e. The first-order valence-electron chi connectivity index (χ1n) is 6.91. The van der Waals surface area contributed by atoms with Gasteiger partial charge in [0.1, 0.15) is 0 Å². The summed E-state index contributed by atoms with van der Waals surface area (Å²) in [5.41, 5.74) is 2.30. The van der Waals surface area contributed by atoms with Crippen LogP contribution in [-0.4, -0.2) is 17.6 Å². The molecule has 1 aromatic carbocycles. The molecule has 1 N–H and O–H groups in total. The van der Waals surface area contributed by atoms with E-state index in [9.17, 15) is 0 Å². The normalized spacial score (nSPS) is 14.5. The van der Waals surface area contributed by atoms with Crippen molar-refractivity contribution >= 4 is 22.5 Å². The highest BCUT2D eigenvalue weighted by Crippen LogP contribution is 2.28. The highest BCUT2D eigenvalue weighted by atomic mass is 35.5. The lowest BCUT2D eigenvalue weighted by Gasteiger charge is -2.22. The molecule has 1 aromatic heterocycles. The van der Waals surface area contributed by atoms with Gasteiger partial charge in [0.15, 0.2) is 0 Å². The third kappa shape index (κ3) is 3.26. The van der Waals surface area contributed by atoms with Gasteiger partial charge in [0.05, 0.1) is 5.52 Å². The molecule has 0 aliphatic rings. The van der Waals surface area contributed by atoms with Crippen molar-refractivity contribution in [1.29, 1.82) is 0 Å². The lowest BCUT2D eigenvalue weighted by molar-refractivity contribution is 0.483. The summed E-state index contributed by atoms with van der Waals surface area (Å²) >= 11 is 6.03. The number of rotatable bonds is 5. The molecule has 0 aliphatic carbocycles. The minimum atomic E-state index is 0.443. The van der Waals surface area contributed by atoms with Gasteiger partial charge in [-0.1, -0.05) is 31.5 Å². The van der Waals surface area contributed by atoms with Gasteiger partial charge >= 0.3 is 0 Å². The van der Waals surface area contributed by atoms with Gasteiger partial charge < -0.3 is 5.32 Å². The van der Waals surface area contributed by atoms with Crippen LogP contribution in [-0.2, 0) is 0 Å². The molecule has 0 saturated heterocycles. The van der Waals surface area contributed by atoms with Gasteiger partial charge in [0.2, 0.25) is 0 Å². The van der Waals surface area contributed by atoms with Crippen LogP contribution in [0.15, 0.2) is 30.5 Å². The van der Waals surface area contributed by atoms with Crippen LogP contribution in [0.1, 0.15) is 38.7 Å². The van der Waals surface area contributed by atoms with Crippen molar-refractivity contribution in [1.82, 2.24) is 10.3 Å². The lowest BCUT2D eigenvalue weighted by atomic mass is 9.91. The Balaban J connectivity index is 2.33. The summed E-state index contributed by atoms with van der Waals surface area (Å²) in [7, 11) is 0. The van der Waals surface area contributed by atoms with Crippen LogP contribution >= 0.6 is 11.6 Å². The monoisotopic (exact) mass is 276 g/mol. The van der Waals surface area contributed by atoms with Crippen molar-refractivity contribution in [2.75, 3.05) is 6.54 Å². The van der Waals surface area contributed by atoms with E-state index in [1.807, 2.05) is 18.3 Å². The number of fused-ring (bicyclic) bond motifs is 1. The zero-order chi connectivity index (χ0) is 13.8. The first kappa shape index (κ1) is 14.3. The molecular formula is C16H21ClN2. The second-order valence-corrected chi connectivity index (χ2v) is 5.53. The Bertz CT molecular complexity index is 553. The van der Waals surface area contributed by atoms with E-state index < -0.39 is 0 Å². The van der Waals surface area contributed by atoms with Crippen LogP contribution in [0.25, 0.3) is 10.9 Å². The molecule has 102 valence electrons. The Labute approximate surface area is 120 Å². The number of hydrogen-bond acceptors (Lipinski definition) is 2. The molecule has 2 nitrogen and oxygen atoms in total. The predicted molar refractivity (Wildman–Crippen MR) is 82.9 cm³/mol. The lowest BCUT2D eigenvalue weighted by Crippen LogP contribution is -2.31. The fourth-order valence-corrected chi connectivity index (χ4v) is 2.52. The van der Waals surface area contributed by atoms with Gasteiger partial charge in [0, 0.05) is 22.6 Å². The smallest absolute Gasteiger partial charge is 0.0719 e. The Kier molecular flexibility index (Phi) is 4.78. The molecule has 0 saturated carbocycles. The predicted octanol–water partition coefficient (Wildman–Crippen LogP) is 4.38. The van der Waals surface area contributed by atoms with Crippen LogP contribution in [0.2, 0.25) is 5.02 Å². The summed E-state index contributed by atoms with van der Waals surface area (Å²) in [5, 5.41) is 5.50. The number of pyridine rings is 1. The Hall–Kier alpha value is -1.12. The second kappa shape index (κ2) is 6.36. The van der Waals surface area contributed by atoms with Gasteiger partial charge in [-0.3, -0.25) is 4.98 Å². The molecular weight excluding hydrogens is 256 g/mol. The van der Waals surface area contributed by atoms with E-state index in [2.05, 4.69) is 43.2 Å². The van der Waals surface area contributed by atoms with E-state index >= 15 is 0 Å². The van der Waals surface area contributed by atoms with Crippen molar-refractivity contribution in [3.05, 3.63) is 41.0 Å². The first-order valence-corrected chi connectivity index (χ1v) is 7.28. The van der Waals surface area contributed by atoms with Crippen molar-refractivity contribution in [3.8, 4) is 0 Å². The second-order valence-electron chi connectivity index (χ2n) is 5.09. The number of benzene rings is 1. The third-order valence-corrected chi connectivity index (χ3v) is 3.93. The Morgan fingerprint density at radius 2 is 2.05 bits per heavy atom. The van der Waals surface area contributed by atoms with Gasteiger partial charge in [-0.2, -0.15) is 0 Å². The minimum absolute atomic E-state index is 0.443. The molecule has 0 fully saturated rings. The number of hydrogen-bond donors (Lipinski definition) is 1. The van der Waals surface area contributed by atoms with Crippen LogP contribution in [0.5, 0.6) is 0 Å². The highest BCUT2D eigenvalue weighted by molar-refractivity contribution is 6.31. The summed E-state index contributed by atoms with van der Waals surface area (Å²) in [6, 6.07) is 8.50. The van der Waals surface area contributed by atoms with Crippen molar-refractivity contribution in [2.24, 2.45) is 0 Å². The zero-order valence-electron chi connectivity index (χ0n) is 11.8. The molecule has 0 aliphatic heterocycles. The molecule has 3 heteroatoms. The number of halogens is 1. The molecule has 19 heavy (non-hydrogen) atoms. The third-order valence-electron chi connectivity index (χ3n) is 3.70. The number of nitrogens with zero attached hydrogens (tertiary/aromatic N) is 1. The molecule has 2 aromatic rings. The topological polar surface area (TPSA) is 24.9 Å². The summed E-state index contributed by atoms with van der Waals surface area (Å²) in [6.45, 7) is 7.74.